The molecule has 158 valence electrons. The number of aromatic nitrogens is 2. The molecular weight excluding hydrogens is 382 g/mol. The van der Waals surface area contributed by atoms with Gasteiger partial charge in [0.15, 0.2) is 17.1 Å². The summed E-state index contributed by atoms with van der Waals surface area (Å²) in [5.74, 6) is 0.991. The van der Waals surface area contributed by atoms with Crippen LogP contribution in [0.1, 0.15) is 35.0 Å². The van der Waals surface area contributed by atoms with Crippen LogP contribution in [0.5, 0.6) is 11.5 Å². The van der Waals surface area contributed by atoms with Crippen molar-refractivity contribution in [3.63, 3.8) is 0 Å². The number of esters is 1. The average Bonchev–Trinajstić information content (AvgIpc) is 2.77. The Balaban J connectivity index is 1.85. The molecular formula is C23H27N3O4. The largest absolute Gasteiger partial charge is 0.493 e. The van der Waals surface area contributed by atoms with E-state index in [-0.39, 0.29) is 5.97 Å². The molecule has 0 radical (unpaired) electrons. The lowest BCUT2D eigenvalue weighted by Crippen LogP contribution is -2.14. The Morgan fingerprint density at radius 3 is 2.63 bits per heavy atom. The Hall–Kier alpha value is -3.35. The zero-order valence-corrected chi connectivity index (χ0v) is 17.8. The number of carbonyl (C=O) groups is 1. The van der Waals surface area contributed by atoms with Crippen molar-refractivity contribution >= 4 is 22.7 Å². The number of hydrogen-bond acceptors (Lipinski definition) is 7. The molecule has 0 saturated carbocycles. The van der Waals surface area contributed by atoms with Crippen molar-refractivity contribution in [2.24, 2.45) is 0 Å². The first kappa shape index (κ1) is 21.4. The van der Waals surface area contributed by atoms with Crippen LogP contribution in [0.3, 0.4) is 0 Å². The van der Waals surface area contributed by atoms with Gasteiger partial charge in [-0.3, -0.25) is 0 Å². The number of nitrogens with zero attached hydrogens (tertiary/aromatic N) is 2. The van der Waals surface area contributed by atoms with Gasteiger partial charge in [-0.25, -0.2) is 14.8 Å². The van der Waals surface area contributed by atoms with Crippen molar-refractivity contribution in [1.82, 2.24) is 9.97 Å². The molecule has 0 amide bonds. The van der Waals surface area contributed by atoms with Gasteiger partial charge in [0.2, 0.25) is 0 Å². The highest BCUT2D eigenvalue weighted by atomic mass is 16.5. The van der Waals surface area contributed by atoms with Crippen LogP contribution >= 0.6 is 0 Å². The number of pyridine rings is 2. The van der Waals surface area contributed by atoms with Crippen molar-refractivity contribution in [3.8, 4) is 11.5 Å². The number of fused-ring (bicyclic) bond motifs is 1. The second-order valence-electron chi connectivity index (χ2n) is 6.87. The van der Waals surface area contributed by atoms with Crippen LogP contribution < -0.4 is 14.8 Å². The molecule has 0 unspecified atom stereocenters. The predicted molar refractivity (Wildman–Crippen MR) is 117 cm³/mol. The molecule has 0 aliphatic rings. The highest BCUT2D eigenvalue weighted by Crippen LogP contribution is 2.29. The highest BCUT2D eigenvalue weighted by Gasteiger charge is 2.17. The van der Waals surface area contributed by atoms with Crippen LogP contribution in [0.2, 0.25) is 0 Å². The maximum absolute atomic E-state index is 12.6. The molecule has 0 bridgehead atoms. The van der Waals surface area contributed by atoms with Gasteiger partial charge in [-0.1, -0.05) is 13.0 Å². The Bertz CT molecular complexity index is 1040. The number of aryl methyl sites for hydroxylation is 1. The fraction of sp³-hybridized carbons (Fsp3) is 0.348. The third kappa shape index (κ3) is 4.79. The first-order valence-corrected chi connectivity index (χ1v) is 9.95. The minimum absolute atomic E-state index is 0.369. The molecule has 30 heavy (non-hydrogen) atoms. The van der Waals surface area contributed by atoms with Gasteiger partial charge in [0.25, 0.3) is 0 Å². The van der Waals surface area contributed by atoms with Crippen molar-refractivity contribution in [2.45, 2.75) is 26.7 Å². The molecule has 3 aromatic rings. The van der Waals surface area contributed by atoms with E-state index in [1.54, 1.807) is 14.2 Å². The summed E-state index contributed by atoms with van der Waals surface area (Å²) in [6.07, 6.45) is 3.02. The minimum Gasteiger partial charge on any atom is -0.493 e. The maximum Gasteiger partial charge on any atom is 0.341 e. The zero-order valence-electron chi connectivity index (χ0n) is 17.8. The number of carbonyl (C=O) groups excluding carboxylic acids is 1. The summed E-state index contributed by atoms with van der Waals surface area (Å²) >= 11 is 0. The van der Waals surface area contributed by atoms with Crippen LogP contribution in [0.15, 0.2) is 36.5 Å². The van der Waals surface area contributed by atoms with Gasteiger partial charge in [0.1, 0.15) is 5.56 Å². The van der Waals surface area contributed by atoms with Gasteiger partial charge in [0, 0.05) is 23.8 Å². The smallest absolute Gasteiger partial charge is 0.341 e. The van der Waals surface area contributed by atoms with Crippen LogP contribution in [-0.4, -0.2) is 43.3 Å². The second kappa shape index (κ2) is 9.91. The SMILES string of the molecule is CCCOC(=O)c1cnc2nc(C)ccc2c1NCCc1ccc(OC)c(OC)c1. The van der Waals surface area contributed by atoms with E-state index in [9.17, 15) is 4.79 Å². The molecule has 2 heterocycles. The van der Waals surface area contributed by atoms with Crippen molar-refractivity contribution in [3.05, 3.63) is 53.3 Å². The summed E-state index contributed by atoms with van der Waals surface area (Å²) < 4.78 is 16.0. The number of nitrogens with one attached hydrogen (secondary N) is 1. The molecule has 1 aromatic carbocycles. The Morgan fingerprint density at radius 2 is 1.90 bits per heavy atom. The van der Waals surface area contributed by atoms with Crippen LogP contribution in [0.4, 0.5) is 5.69 Å². The number of ether oxygens (including phenoxy) is 3. The van der Waals surface area contributed by atoms with E-state index in [4.69, 9.17) is 14.2 Å². The first-order chi connectivity index (χ1) is 14.6. The second-order valence-corrected chi connectivity index (χ2v) is 6.87. The van der Waals surface area contributed by atoms with Crippen molar-refractivity contribution in [2.75, 3.05) is 32.7 Å². The minimum atomic E-state index is -0.388. The van der Waals surface area contributed by atoms with Crippen LogP contribution in [-0.2, 0) is 11.2 Å². The summed E-state index contributed by atoms with van der Waals surface area (Å²) in [6, 6.07) is 9.67. The van der Waals surface area contributed by atoms with Crippen molar-refractivity contribution in [1.29, 1.82) is 0 Å². The van der Waals surface area contributed by atoms with Crippen LogP contribution in [0, 0.1) is 6.92 Å². The van der Waals surface area contributed by atoms with E-state index in [2.05, 4.69) is 15.3 Å². The third-order valence-electron chi connectivity index (χ3n) is 4.69. The van der Waals surface area contributed by atoms with Crippen molar-refractivity contribution < 1.29 is 19.0 Å². The Labute approximate surface area is 176 Å². The van der Waals surface area contributed by atoms with E-state index in [1.165, 1.54) is 6.20 Å². The van der Waals surface area contributed by atoms with E-state index >= 15 is 0 Å². The molecule has 7 heteroatoms. The van der Waals surface area contributed by atoms with E-state index in [1.807, 2.05) is 44.2 Å². The van der Waals surface area contributed by atoms with E-state index in [0.29, 0.717) is 41.5 Å². The number of anilines is 1. The van der Waals surface area contributed by atoms with Gasteiger partial charge in [-0.05, 0) is 49.6 Å². The molecule has 1 N–H and O–H groups in total. The zero-order chi connectivity index (χ0) is 21.5. The van der Waals surface area contributed by atoms with Crippen LogP contribution in [0.25, 0.3) is 11.0 Å². The molecule has 0 aliphatic carbocycles. The summed E-state index contributed by atoms with van der Waals surface area (Å²) in [7, 11) is 3.23. The molecule has 2 aromatic heterocycles. The number of methoxy groups -OCH3 is 2. The van der Waals surface area contributed by atoms with Gasteiger partial charge in [-0.15, -0.1) is 0 Å². The summed E-state index contributed by atoms with van der Waals surface area (Å²) in [4.78, 5) is 21.4. The normalized spacial score (nSPS) is 10.7. The lowest BCUT2D eigenvalue weighted by atomic mass is 10.1. The van der Waals surface area contributed by atoms with E-state index in [0.717, 1.165) is 29.5 Å². The monoisotopic (exact) mass is 409 g/mol. The maximum atomic E-state index is 12.6. The molecule has 0 saturated heterocycles. The fourth-order valence-corrected chi connectivity index (χ4v) is 3.16. The molecule has 0 aliphatic heterocycles. The molecule has 0 fully saturated rings. The molecule has 0 atom stereocenters. The molecule has 3 rings (SSSR count). The fourth-order valence-electron chi connectivity index (χ4n) is 3.16. The average molecular weight is 409 g/mol. The number of hydrogen-bond donors (Lipinski definition) is 1. The Kier molecular flexibility index (Phi) is 7.06. The highest BCUT2D eigenvalue weighted by molar-refractivity contribution is 6.04. The van der Waals surface area contributed by atoms with Gasteiger partial charge in [0.05, 0.1) is 26.5 Å². The Morgan fingerprint density at radius 1 is 1.10 bits per heavy atom. The summed E-state index contributed by atoms with van der Waals surface area (Å²) in [5, 5.41) is 4.19. The lowest BCUT2D eigenvalue weighted by molar-refractivity contribution is 0.0506. The van der Waals surface area contributed by atoms with Gasteiger partial charge >= 0.3 is 5.97 Å². The summed E-state index contributed by atoms with van der Waals surface area (Å²) in [5.41, 5.74) is 3.65. The molecule has 0 spiro atoms. The standard InChI is InChI=1S/C23H27N3O4/c1-5-12-30-23(27)18-14-25-22-17(8-6-15(2)26-22)21(18)24-11-10-16-7-9-19(28-3)20(13-16)29-4/h6-9,13-14H,5,10-12H2,1-4H3,(H,24,25,26). The number of rotatable bonds is 9. The lowest BCUT2D eigenvalue weighted by Gasteiger charge is -2.15. The summed E-state index contributed by atoms with van der Waals surface area (Å²) in [6.45, 7) is 4.85. The molecule has 7 nitrogen and oxygen atoms in total. The number of benzene rings is 1. The third-order valence-corrected chi connectivity index (χ3v) is 4.69. The quantitative estimate of drug-likeness (QED) is 0.531. The predicted octanol–water partition coefficient (Wildman–Crippen LogP) is 4.18. The van der Waals surface area contributed by atoms with Gasteiger partial charge in [-0.2, -0.15) is 0 Å². The topological polar surface area (TPSA) is 82.6 Å². The van der Waals surface area contributed by atoms with Gasteiger partial charge < -0.3 is 19.5 Å². The van der Waals surface area contributed by atoms with E-state index < -0.39 is 0 Å². The first-order valence-electron chi connectivity index (χ1n) is 9.95.